The molecule has 1 aromatic rings. The Bertz CT molecular complexity index is 653. The Morgan fingerprint density at radius 2 is 1.32 bits per heavy atom. The van der Waals surface area contributed by atoms with Gasteiger partial charge >= 0.3 is 0 Å². The number of benzene rings is 1. The molecule has 3 nitrogen and oxygen atoms in total. The van der Waals surface area contributed by atoms with Crippen molar-refractivity contribution < 1.29 is 9.53 Å². The first-order chi connectivity index (χ1) is 16.4. The van der Waals surface area contributed by atoms with E-state index in [9.17, 15) is 4.79 Å². The molecule has 0 bridgehead atoms. The van der Waals surface area contributed by atoms with Gasteiger partial charge in [0, 0.05) is 12.0 Å². The van der Waals surface area contributed by atoms with Gasteiger partial charge in [0.2, 0.25) is 5.91 Å². The molecule has 196 valence electrons. The highest BCUT2D eigenvalue weighted by Gasteiger charge is 2.26. The number of carbonyl (C=O) groups is 1. The lowest BCUT2D eigenvalue weighted by atomic mass is 9.87. The Morgan fingerprint density at radius 3 is 1.88 bits per heavy atom. The van der Waals surface area contributed by atoms with Crippen LogP contribution in [0.1, 0.15) is 135 Å². The summed E-state index contributed by atoms with van der Waals surface area (Å²) in [7, 11) is 0. The van der Waals surface area contributed by atoms with E-state index < -0.39 is 0 Å². The Hall–Kier alpha value is -1.51. The van der Waals surface area contributed by atoms with Crippen molar-refractivity contribution in [2.75, 3.05) is 13.2 Å². The Balaban J connectivity index is 1.97. The van der Waals surface area contributed by atoms with Gasteiger partial charge in [0.05, 0.1) is 6.61 Å². The summed E-state index contributed by atoms with van der Waals surface area (Å²) in [6.07, 6.45) is 20.8. The number of nitrogens with one attached hydrogen (secondary N) is 1. The van der Waals surface area contributed by atoms with Crippen molar-refractivity contribution in [1.82, 2.24) is 5.32 Å². The number of hydrogen-bond acceptors (Lipinski definition) is 2. The number of hydrogen-bond donors (Lipinski definition) is 1. The predicted molar refractivity (Wildman–Crippen MR) is 148 cm³/mol. The first-order valence-electron chi connectivity index (χ1n) is 14.3. The zero-order chi connectivity index (χ0) is 25.1. The smallest absolute Gasteiger partial charge is 0.225 e. The molecule has 0 saturated heterocycles. The molecule has 0 aliphatic heterocycles. The van der Waals surface area contributed by atoms with E-state index >= 15 is 0 Å². The van der Waals surface area contributed by atoms with Crippen LogP contribution < -0.4 is 10.1 Å². The van der Waals surface area contributed by atoms with Gasteiger partial charge < -0.3 is 10.1 Å². The van der Waals surface area contributed by atoms with Crippen molar-refractivity contribution in [3.05, 3.63) is 29.3 Å². The Morgan fingerprint density at radius 1 is 0.794 bits per heavy atom. The van der Waals surface area contributed by atoms with Gasteiger partial charge in [-0.15, -0.1) is 0 Å². The number of unbranched alkanes of at least 4 members (excludes halogenated alkanes) is 13. The lowest BCUT2D eigenvalue weighted by molar-refractivity contribution is -0.129. The van der Waals surface area contributed by atoms with Crippen LogP contribution in [0.4, 0.5) is 0 Å². The second-order valence-electron chi connectivity index (χ2n) is 11.0. The Kier molecular flexibility index (Phi) is 16.9. The molecule has 0 spiro atoms. The minimum absolute atomic E-state index is 0.175. The summed E-state index contributed by atoms with van der Waals surface area (Å²) in [5.41, 5.74) is 2.03. The van der Waals surface area contributed by atoms with Crippen LogP contribution in [0.3, 0.4) is 0 Å². The van der Waals surface area contributed by atoms with E-state index in [1.54, 1.807) is 0 Å². The first-order valence-corrected chi connectivity index (χ1v) is 14.3. The van der Waals surface area contributed by atoms with Crippen LogP contribution in [-0.2, 0) is 4.79 Å². The van der Waals surface area contributed by atoms with Crippen LogP contribution in [0.15, 0.2) is 18.2 Å². The SMILES string of the molecule is CCCCCCCCCCCCCCCCNC(=O)C(C)(C)CCCOc1cc(C)ccc1C. The highest BCUT2D eigenvalue weighted by molar-refractivity contribution is 5.81. The fourth-order valence-electron chi connectivity index (χ4n) is 4.43. The third kappa shape index (κ3) is 14.7. The summed E-state index contributed by atoms with van der Waals surface area (Å²) in [6, 6.07) is 6.29. The van der Waals surface area contributed by atoms with Crippen LogP contribution in [0.2, 0.25) is 0 Å². The molecule has 1 amide bonds. The number of carbonyl (C=O) groups excluding carboxylic acids is 1. The molecule has 0 aliphatic rings. The molecule has 0 radical (unpaired) electrons. The molecule has 1 N–H and O–H groups in total. The molecule has 1 aromatic carbocycles. The van der Waals surface area contributed by atoms with Crippen molar-refractivity contribution in [1.29, 1.82) is 0 Å². The second kappa shape index (κ2) is 18.8. The van der Waals surface area contributed by atoms with Crippen LogP contribution in [0, 0.1) is 19.3 Å². The quantitative estimate of drug-likeness (QED) is 0.181. The van der Waals surface area contributed by atoms with Gasteiger partial charge in [-0.2, -0.15) is 0 Å². The van der Waals surface area contributed by atoms with E-state index in [0.29, 0.717) is 6.61 Å². The van der Waals surface area contributed by atoms with Crippen LogP contribution in [0.25, 0.3) is 0 Å². The molecule has 0 saturated carbocycles. The zero-order valence-electron chi connectivity index (χ0n) is 23.3. The second-order valence-corrected chi connectivity index (χ2v) is 11.0. The number of aryl methyl sites for hydroxylation is 2. The topological polar surface area (TPSA) is 38.3 Å². The van der Waals surface area contributed by atoms with E-state index in [1.807, 2.05) is 13.8 Å². The van der Waals surface area contributed by atoms with Gasteiger partial charge in [-0.05, 0) is 50.3 Å². The molecule has 0 heterocycles. The van der Waals surface area contributed by atoms with Gasteiger partial charge in [0.1, 0.15) is 5.75 Å². The monoisotopic (exact) mass is 473 g/mol. The highest BCUT2D eigenvalue weighted by Crippen LogP contribution is 2.24. The molecular weight excluding hydrogens is 418 g/mol. The highest BCUT2D eigenvalue weighted by atomic mass is 16.5. The third-order valence-electron chi connectivity index (χ3n) is 6.98. The van der Waals surface area contributed by atoms with Gasteiger partial charge in [-0.1, -0.05) is 116 Å². The lowest BCUT2D eigenvalue weighted by Gasteiger charge is -2.23. The molecular formula is C31H55NO2. The van der Waals surface area contributed by atoms with Crippen molar-refractivity contribution >= 4 is 5.91 Å². The summed E-state index contributed by atoms with van der Waals surface area (Å²) in [5.74, 6) is 1.13. The third-order valence-corrected chi connectivity index (χ3v) is 6.98. The average molecular weight is 474 g/mol. The van der Waals surface area contributed by atoms with Crippen LogP contribution >= 0.6 is 0 Å². The molecule has 3 heteroatoms. The Labute approximate surface area is 211 Å². The minimum atomic E-state index is -0.346. The standard InChI is InChI=1S/C31H55NO2/c1-6-7-8-9-10-11-12-13-14-15-16-17-18-19-24-32-30(33)31(4,5)23-20-25-34-29-26-27(2)21-22-28(29)3/h21-22,26H,6-20,23-25H2,1-5H3,(H,32,33). The largest absolute Gasteiger partial charge is 0.493 e. The van der Waals surface area contributed by atoms with E-state index in [1.165, 1.54) is 89.0 Å². The molecule has 34 heavy (non-hydrogen) atoms. The van der Waals surface area contributed by atoms with Gasteiger partial charge in [0.25, 0.3) is 0 Å². The molecule has 0 fully saturated rings. The van der Waals surface area contributed by atoms with Crippen molar-refractivity contribution in [3.63, 3.8) is 0 Å². The average Bonchev–Trinajstić information content (AvgIpc) is 2.81. The number of amides is 1. The first kappa shape index (κ1) is 30.5. The summed E-state index contributed by atoms with van der Waals surface area (Å²) < 4.78 is 5.95. The van der Waals surface area contributed by atoms with Crippen molar-refractivity contribution in [2.45, 2.75) is 137 Å². The number of rotatable bonds is 21. The maximum Gasteiger partial charge on any atom is 0.225 e. The van der Waals surface area contributed by atoms with Gasteiger partial charge in [-0.3, -0.25) is 4.79 Å². The van der Waals surface area contributed by atoms with E-state index in [-0.39, 0.29) is 11.3 Å². The molecule has 0 aliphatic carbocycles. The van der Waals surface area contributed by atoms with Gasteiger partial charge in [0.15, 0.2) is 0 Å². The summed E-state index contributed by atoms with van der Waals surface area (Å²) >= 11 is 0. The van der Waals surface area contributed by atoms with Crippen molar-refractivity contribution in [3.8, 4) is 5.75 Å². The van der Waals surface area contributed by atoms with Crippen LogP contribution in [-0.4, -0.2) is 19.1 Å². The van der Waals surface area contributed by atoms with Crippen LogP contribution in [0.5, 0.6) is 5.75 Å². The molecule has 0 aromatic heterocycles. The minimum Gasteiger partial charge on any atom is -0.493 e. The lowest BCUT2D eigenvalue weighted by Crippen LogP contribution is -2.37. The fourth-order valence-corrected chi connectivity index (χ4v) is 4.43. The number of ether oxygens (including phenoxy) is 1. The molecule has 1 rings (SSSR count). The van der Waals surface area contributed by atoms with E-state index in [0.717, 1.165) is 37.1 Å². The predicted octanol–water partition coefficient (Wildman–Crippen LogP) is 9.09. The molecule has 0 unspecified atom stereocenters. The molecule has 0 atom stereocenters. The normalized spacial score (nSPS) is 11.6. The zero-order valence-corrected chi connectivity index (χ0v) is 23.3. The van der Waals surface area contributed by atoms with Gasteiger partial charge in [-0.25, -0.2) is 0 Å². The van der Waals surface area contributed by atoms with Crippen molar-refractivity contribution in [2.24, 2.45) is 5.41 Å². The summed E-state index contributed by atoms with van der Waals surface area (Å²) in [4.78, 5) is 12.6. The maximum absolute atomic E-state index is 12.6. The maximum atomic E-state index is 12.6. The van der Waals surface area contributed by atoms with E-state index in [4.69, 9.17) is 4.74 Å². The summed E-state index contributed by atoms with van der Waals surface area (Å²) in [5, 5.41) is 3.16. The van der Waals surface area contributed by atoms with E-state index in [2.05, 4.69) is 44.3 Å². The fraction of sp³-hybridized carbons (Fsp3) is 0.774. The summed E-state index contributed by atoms with van der Waals surface area (Å²) in [6.45, 7) is 12.0.